The van der Waals surface area contributed by atoms with E-state index in [1.165, 1.54) is 12.1 Å². The monoisotopic (exact) mass is 268 g/mol. The number of hydrogen-bond acceptors (Lipinski definition) is 2. The maximum atomic E-state index is 11.0. The molecule has 0 saturated heterocycles. The summed E-state index contributed by atoms with van der Waals surface area (Å²) in [6, 6.07) is 4.50. The molecular weight excluding hydrogens is 263 g/mol. The lowest BCUT2D eigenvalue weighted by molar-refractivity contribution is 0.602. The number of hydrogen-bond donors (Lipinski definition) is 0. The molecule has 1 aromatic carbocycles. The molecule has 2 nitrogen and oxygen atoms in total. The lowest BCUT2D eigenvalue weighted by atomic mass is 10.4. The molecule has 0 spiro atoms. The SMILES string of the molecule is CS(=O)(=O)c1ccc(Cl)c(Br)c1. The van der Waals surface area contributed by atoms with E-state index in [0.29, 0.717) is 9.50 Å². The van der Waals surface area contributed by atoms with Gasteiger partial charge in [-0.15, -0.1) is 0 Å². The topological polar surface area (TPSA) is 34.1 Å². The van der Waals surface area contributed by atoms with Gasteiger partial charge in [-0.3, -0.25) is 0 Å². The van der Waals surface area contributed by atoms with E-state index in [-0.39, 0.29) is 4.90 Å². The number of halogens is 2. The van der Waals surface area contributed by atoms with Crippen LogP contribution in [0.5, 0.6) is 0 Å². The van der Waals surface area contributed by atoms with Gasteiger partial charge in [0.2, 0.25) is 0 Å². The van der Waals surface area contributed by atoms with E-state index in [1.807, 2.05) is 0 Å². The van der Waals surface area contributed by atoms with E-state index in [4.69, 9.17) is 11.6 Å². The highest BCUT2D eigenvalue weighted by Gasteiger charge is 2.08. The van der Waals surface area contributed by atoms with Crippen LogP contribution in [0.15, 0.2) is 27.6 Å². The Morgan fingerprint density at radius 3 is 2.42 bits per heavy atom. The number of sulfone groups is 1. The third-order valence-electron chi connectivity index (χ3n) is 1.32. The van der Waals surface area contributed by atoms with Gasteiger partial charge in [-0.25, -0.2) is 8.42 Å². The van der Waals surface area contributed by atoms with E-state index in [1.54, 1.807) is 6.07 Å². The largest absolute Gasteiger partial charge is 0.224 e. The van der Waals surface area contributed by atoms with Gasteiger partial charge in [0.05, 0.1) is 9.92 Å². The van der Waals surface area contributed by atoms with Crippen LogP contribution in [0.4, 0.5) is 0 Å². The van der Waals surface area contributed by atoms with Crippen LogP contribution in [0.2, 0.25) is 5.02 Å². The summed E-state index contributed by atoms with van der Waals surface area (Å²) < 4.78 is 22.7. The molecule has 0 amide bonds. The molecule has 0 aliphatic carbocycles. The molecule has 0 aliphatic heterocycles. The summed E-state index contributed by atoms with van der Waals surface area (Å²) >= 11 is 8.83. The molecule has 12 heavy (non-hydrogen) atoms. The van der Waals surface area contributed by atoms with Gasteiger partial charge in [0.1, 0.15) is 0 Å². The average molecular weight is 270 g/mol. The lowest BCUT2D eigenvalue weighted by Gasteiger charge is -1.99. The van der Waals surface area contributed by atoms with Crippen LogP contribution in [0.25, 0.3) is 0 Å². The second-order valence-electron chi connectivity index (χ2n) is 2.35. The van der Waals surface area contributed by atoms with Crippen molar-refractivity contribution in [3.05, 3.63) is 27.7 Å². The fourth-order valence-electron chi connectivity index (χ4n) is 0.707. The van der Waals surface area contributed by atoms with Gasteiger partial charge in [-0.1, -0.05) is 11.6 Å². The molecule has 1 rings (SSSR count). The van der Waals surface area contributed by atoms with Gasteiger partial charge in [0.25, 0.3) is 0 Å². The predicted octanol–water partition coefficient (Wildman–Crippen LogP) is 2.51. The van der Waals surface area contributed by atoms with Crippen molar-refractivity contribution < 1.29 is 8.42 Å². The molecular formula is C7H6BrClO2S. The third-order valence-corrected chi connectivity index (χ3v) is 3.64. The van der Waals surface area contributed by atoms with E-state index < -0.39 is 9.84 Å². The Morgan fingerprint density at radius 2 is 2.00 bits per heavy atom. The Hall–Kier alpha value is -0.0600. The Kier molecular flexibility index (Phi) is 2.81. The highest BCUT2D eigenvalue weighted by atomic mass is 79.9. The first-order chi connectivity index (χ1) is 5.41. The van der Waals surface area contributed by atoms with Gasteiger partial charge < -0.3 is 0 Å². The van der Waals surface area contributed by atoms with E-state index in [0.717, 1.165) is 6.26 Å². The second kappa shape index (κ2) is 3.36. The predicted molar refractivity (Wildman–Crippen MR) is 52.3 cm³/mol. The van der Waals surface area contributed by atoms with Crippen molar-refractivity contribution in [1.29, 1.82) is 0 Å². The standard InChI is InChI=1S/C7H6BrClO2S/c1-12(10,11)5-2-3-7(9)6(8)4-5/h2-4H,1H3. The molecule has 0 aliphatic rings. The van der Waals surface area contributed by atoms with Gasteiger partial charge in [0.15, 0.2) is 9.84 Å². The number of benzene rings is 1. The summed E-state index contributed by atoms with van der Waals surface area (Å²) in [6.45, 7) is 0. The highest BCUT2D eigenvalue weighted by molar-refractivity contribution is 9.10. The van der Waals surface area contributed by atoms with Crippen LogP contribution in [0.1, 0.15) is 0 Å². The van der Waals surface area contributed by atoms with Crippen molar-refractivity contribution >= 4 is 37.4 Å². The molecule has 0 heterocycles. The van der Waals surface area contributed by atoms with Crippen molar-refractivity contribution in [2.24, 2.45) is 0 Å². The van der Waals surface area contributed by atoms with Crippen molar-refractivity contribution in [3.8, 4) is 0 Å². The van der Waals surface area contributed by atoms with Crippen molar-refractivity contribution in [1.82, 2.24) is 0 Å². The van der Waals surface area contributed by atoms with Gasteiger partial charge >= 0.3 is 0 Å². The van der Waals surface area contributed by atoms with Gasteiger partial charge in [-0.05, 0) is 34.1 Å². The van der Waals surface area contributed by atoms with Crippen LogP contribution >= 0.6 is 27.5 Å². The lowest BCUT2D eigenvalue weighted by Crippen LogP contribution is -1.96. The summed E-state index contributed by atoms with van der Waals surface area (Å²) in [6.07, 6.45) is 1.16. The first-order valence-electron chi connectivity index (χ1n) is 3.06. The third kappa shape index (κ3) is 2.21. The minimum atomic E-state index is -3.13. The Labute approximate surface area is 84.6 Å². The Balaban J connectivity index is 3.33. The van der Waals surface area contributed by atoms with Crippen LogP contribution in [0.3, 0.4) is 0 Å². The van der Waals surface area contributed by atoms with Gasteiger partial charge in [0, 0.05) is 10.7 Å². The first-order valence-corrected chi connectivity index (χ1v) is 6.12. The Bertz CT molecular complexity index is 400. The number of rotatable bonds is 1. The molecule has 0 radical (unpaired) electrons. The van der Waals surface area contributed by atoms with Crippen LogP contribution in [-0.4, -0.2) is 14.7 Å². The minimum Gasteiger partial charge on any atom is -0.224 e. The van der Waals surface area contributed by atoms with Crippen molar-refractivity contribution in [3.63, 3.8) is 0 Å². The van der Waals surface area contributed by atoms with Crippen molar-refractivity contribution in [2.45, 2.75) is 4.90 Å². The van der Waals surface area contributed by atoms with Crippen LogP contribution < -0.4 is 0 Å². The molecule has 0 saturated carbocycles. The summed E-state index contributed by atoms with van der Waals surface area (Å²) in [4.78, 5) is 0.263. The maximum absolute atomic E-state index is 11.0. The zero-order valence-corrected chi connectivity index (χ0v) is 9.37. The minimum absolute atomic E-state index is 0.263. The molecule has 0 aromatic heterocycles. The molecule has 0 bridgehead atoms. The summed E-state index contributed by atoms with van der Waals surface area (Å²) in [5.41, 5.74) is 0. The quantitative estimate of drug-likeness (QED) is 0.785. The molecule has 66 valence electrons. The maximum Gasteiger partial charge on any atom is 0.175 e. The average Bonchev–Trinajstić information content (AvgIpc) is 1.92. The normalized spacial score (nSPS) is 11.6. The zero-order valence-electron chi connectivity index (χ0n) is 6.21. The van der Waals surface area contributed by atoms with Gasteiger partial charge in [-0.2, -0.15) is 0 Å². The summed E-state index contributed by atoms with van der Waals surface area (Å²) in [5, 5.41) is 0.502. The molecule has 1 aromatic rings. The molecule has 0 N–H and O–H groups in total. The van der Waals surface area contributed by atoms with E-state index >= 15 is 0 Å². The molecule has 0 unspecified atom stereocenters. The summed E-state index contributed by atoms with van der Waals surface area (Å²) in [5.74, 6) is 0. The smallest absolute Gasteiger partial charge is 0.175 e. The molecule has 5 heteroatoms. The first kappa shape index (κ1) is 10.0. The zero-order chi connectivity index (χ0) is 9.35. The second-order valence-corrected chi connectivity index (χ2v) is 5.63. The fraction of sp³-hybridized carbons (Fsp3) is 0.143. The summed E-state index contributed by atoms with van der Waals surface area (Å²) in [7, 11) is -3.13. The van der Waals surface area contributed by atoms with E-state index in [2.05, 4.69) is 15.9 Å². The Morgan fingerprint density at radius 1 is 1.42 bits per heavy atom. The van der Waals surface area contributed by atoms with E-state index in [9.17, 15) is 8.42 Å². The van der Waals surface area contributed by atoms with Crippen molar-refractivity contribution in [2.75, 3.05) is 6.26 Å². The fourth-order valence-corrected chi connectivity index (χ4v) is 2.00. The van der Waals surface area contributed by atoms with Crippen LogP contribution in [-0.2, 0) is 9.84 Å². The molecule has 0 atom stereocenters. The highest BCUT2D eigenvalue weighted by Crippen LogP contribution is 2.24. The molecule has 0 fully saturated rings. The van der Waals surface area contributed by atoms with Crippen LogP contribution in [0, 0.1) is 0 Å².